The van der Waals surface area contributed by atoms with E-state index in [1.165, 1.54) is 0 Å². The van der Waals surface area contributed by atoms with Crippen LogP contribution in [0, 0.1) is 0 Å². The van der Waals surface area contributed by atoms with Gasteiger partial charge in [0.05, 0.1) is 6.20 Å². The predicted molar refractivity (Wildman–Crippen MR) is 53.6 cm³/mol. The number of hydrogen-bond donors (Lipinski definition) is 1. The minimum atomic E-state index is 0.510. The zero-order chi connectivity index (χ0) is 9.54. The Hall–Kier alpha value is -1.13. The van der Waals surface area contributed by atoms with E-state index in [0.29, 0.717) is 11.1 Å². The molecule has 0 unspecified atom stereocenters. The molecule has 0 atom stereocenters. The van der Waals surface area contributed by atoms with E-state index in [-0.39, 0.29) is 0 Å². The molecule has 1 fully saturated rings. The van der Waals surface area contributed by atoms with Crippen molar-refractivity contribution in [1.29, 1.82) is 0 Å². The highest BCUT2D eigenvalue weighted by atomic mass is 35.5. The van der Waals surface area contributed by atoms with Crippen LogP contribution in [0.2, 0.25) is 5.15 Å². The Morgan fingerprint density at radius 1 is 1.43 bits per heavy atom. The molecular weight excluding hydrogens is 200 g/mol. The Morgan fingerprint density at radius 3 is 3.00 bits per heavy atom. The van der Waals surface area contributed by atoms with Gasteiger partial charge in [0, 0.05) is 31.4 Å². The molecule has 0 amide bonds. The maximum absolute atomic E-state index is 5.95. The Labute approximate surface area is 85.9 Å². The molecule has 3 heterocycles. The van der Waals surface area contributed by atoms with Crippen LogP contribution in [0.3, 0.4) is 0 Å². The maximum atomic E-state index is 5.95. The maximum Gasteiger partial charge on any atom is 0.154 e. The fourth-order valence-electron chi connectivity index (χ4n) is 1.69. The normalized spacial score (nSPS) is 17.2. The van der Waals surface area contributed by atoms with Crippen molar-refractivity contribution < 1.29 is 0 Å². The summed E-state index contributed by atoms with van der Waals surface area (Å²) in [5, 5.41) is 3.74. The fourth-order valence-corrected chi connectivity index (χ4v) is 1.89. The minimum Gasteiger partial charge on any atom is -0.315 e. The van der Waals surface area contributed by atoms with Gasteiger partial charge in [-0.05, 0) is 0 Å². The number of nitrogens with zero attached hydrogens (tertiary/aromatic N) is 3. The molecule has 0 spiro atoms. The molecule has 4 nitrogen and oxygen atoms in total. The SMILES string of the molecule is Clc1nccn2c(C3CNC3)ncc12. The van der Waals surface area contributed by atoms with Crippen LogP contribution < -0.4 is 5.32 Å². The van der Waals surface area contributed by atoms with E-state index >= 15 is 0 Å². The largest absolute Gasteiger partial charge is 0.315 e. The van der Waals surface area contributed by atoms with Crippen LogP contribution in [0.5, 0.6) is 0 Å². The molecule has 1 aliphatic heterocycles. The third kappa shape index (κ3) is 1.04. The predicted octanol–water partition coefficient (Wildman–Crippen LogP) is 1.07. The lowest BCUT2D eigenvalue weighted by atomic mass is 10.0. The molecule has 1 saturated heterocycles. The van der Waals surface area contributed by atoms with Gasteiger partial charge in [-0.1, -0.05) is 11.6 Å². The molecule has 3 rings (SSSR count). The Balaban J connectivity index is 2.20. The molecule has 1 aliphatic rings. The summed E-state index contributed by atoms with van der Waals surface area (Å²) in [6, 6.07) is 0. The second kappa shape index (κ2) is 2.93. The summed E-state index contributed by atoms with van der Waals surface area (Å²) in [4.78, 5) is 8.39. The molecule has 5 heteroatoms. The fraction of sp³-hybridized carbons (Fsp3) is 0.333. The molecule has 14 heavy (non-hydrogen) atoms. The first-order valence-electron chi connectivity index (χ1n) is 4.54. The number of fused-ring (bicyclic) bond motifs is 1. The molecule has 0 radical (unpaired) electrons. The van der Waals surface area contributed by atoms with Gasteiger partial charge in [0.15, 0.2) is 5.15 Å². The second-order valence-corrected chi connectivity index (χ2v) is 3.80. The van der Waals surface area contributed by atoms with Crippen LogP contribution >= 0.6 is 11.6 Å². The zero-order valence-electron chi connectivity index (χ0n) is 7.44. The van der Waals surface area contributed by atoms with Gasteiger partial charge in [0.1, 0.15) is 11.3 Å². The summed E-state index contributed by atoms with van der Waals surface area (Å²) in [5.41, 5.74) is 0.885. The van der Waals surface area contributed by atoms with Crippen molar-refractivity contribution in [3.05, 3.63) is 29.6 Å². The molecule has 0 aliphatic carbocycles. The molecule has 0 saturated carbocycles. The highest BCUT2D eigenvalue weighted by molar-refractivity contribution is 6.32. The van der Waals surface area contributed by atoms with Crippen molar-refractivity contribution in [3.63, 3.8) is 0 Å². The average molecular weight is 209 g/mol. The molecular formula is C9H9ClN4. The molecule has 1 N–H and O–H groups in total. The van der Waals surface area contributed by atoms with Gasteiger partial charge >= 0.3 is 0 Å². The van der Waals surface area contributed by atoms with Crippen molar-refractivity contribution in [2.24, 2.45) is 0 Å². The van der Waals surface area contributed by atoms with E-state index < -0.39 is 0 Å². The number of imidazole rings is 1. The van der Waals surface area contributed by atoms with Gasteiger partial charge < -0.3 is 5.32 Å². The van der Waals surface area contributed by atoms with E-state index in [1.54, 1.807) is 12.4 Å². The molecule has 72 valence electrons. The van der Waals surface area contributed by atoms with Crippen LogP contribution in [0.15, 0.2) is 18.6 Å². The van der Waals surface area contributed by atoms with Crippen molar-refractivity contribution in [2.45, 2.75) is 5.92 Å². The van der Waals surface area contributed by atoms with Gasteiger partial charge in [-0.2, -0.15) is 0 Å². The Kier molecular flexibility index (Phi) is 1.72. The summed E-state index contributed by atoms with van der Waals surface area (Å²) in [5.74, 6) is 1.58. The van der Waals surface area contributed by atoms with Crippen LogP contribution in [0.25, 0.3) is 5.52 Å². The minimum absolute atomic E-state index is 0.510. The summed E-state index contributed by atoms with van der Waals surface area (Å²) < 4.78 is 2.01. The highest BCUT2D eigenvalue weighted by Gasteiger charge is 2.23. The average Bonchev–Trinajstić information content (AvgIpc) is 2.48. The van der Waals surface area contributed by atoms with Gasteiger partial charge in [-0.15, -0.1) is 0 Å². The standard InChI is InChI=1S/C9H9ClN4/c10-8-7-5-13-9(6-3-11-4-6)14(7)2-1-12-8/h1-2,5-6,11H,3-4H2. The highest BCUT2D eigenvalue weighted by Crippen LogP contribution is 2.22. The van der Waals surface area contributed by atoms with E-state index in [2.05, 4.69) is 15.3 Å². The molecule has 2 aromatic heterocycles. The Morgan fingerprint density at radius 2 is 2.29 bits per heavy atom. The smallest absolute Gasteiger partial charge is 0.154 e. The monoisotopic (exact) mass is 208 g/mol. The van der Waals surface area contributed by atoms with E-state index in [0.717, 1.165) is 24.4 Å². The van der Waals surface area contributed by atoms with E-state index in [1.807, 2.05) is 10.6 Å². The summed E-state index contributed by atoms with van der Waals surface area (Å²) in [7, 11) is 0. The number of aromatic nitrogens is 3. The number of hydrogen-bond acceptors (Lipinski definition) is 3. The third-order valence-electron chi connectivity index (χ3n) is 2.59. The van der Waals surface area contributed by atoms with Gasteiger partial charge in [-0.3, -0.25) is 4.40 Å². The topological polar surface area (TPSA) is 42.2 Å². The van der Waals surface area contributed by atoms with E-state index in [9.17, 15) is 0 Å². The lowest BCUT2D eigenvalue weighted by Gasteiger charge is -2.25. The first-order valence-corrected chi connectivity index (χ1v) is 4.92. The quantitative estimate of drug-likeness (QED) is 0.763. The summed E-state index contributed by atoms with van der Waals surface area (Å²) in [6.45, 7) is 2.00. The van der Waals surface area contributed by atoms with E-state index in [4.69, 9.17) is 11.6 Å². The Bertz CT molecular complexity index is 475. The van der Waals surface area contributed by atoms with Crippen molar-refractivity contribution in [1.82, 2.24) is 19.7 Å². The summed E-state index contributed by atoms with van der Waals surface area (Å²) >= 11 is 5.95. The van der Waals surface area contributed by atoms with Gasteiger partial charge in [0.2, 0.25) is 0 Å². The van der Waals surface area contributed by atoms with Crippen molar-refractivity contribution >= 4 is 17.1 Å². The second-order valence-electron chi connectivity index (χ2n) is 3.44. The number of nitrogens with one attached hydrogen (secondary N) is 1. The van der Waals surface area contributed by atoms with Gasteiger partial charge in [0.25, 0.3) is 0 Å². The molecule has 0 bridgehead atoms. The third-order valence-corrected chi connectivity index (χ3v) is 2.88. The van der Waals surface area contributed by atoms with Crippen LogP contribution in [-0.2, 0) is 0 Å². The lowest BCUT2D eigenvalue weighted by molar-refractivity contribution is 0.429. The van der Waals surface area contributed by atoms with Crippen molar-refractivity contribution in [2.75, 3.05) is 13.1 Å². The zero-order valence-corrected chi connectivity index (χ0v) is 8.20. The van der Waals surface area contributed by atoms with Crippen molar-refractivity contribution in [3.8, 4) is 0 Å². The first-order chi connectivity index (χ1) is 6.86. The lowest BCUT2D eigenvalue weighted by Crippen LogP contribution is -2.40. The molecule has 2 aromatic rings. The molecule has 0 aromatic carbocycles. The summed E-state index contributed by atoms with van der Waals surface area (Å²) in [6.07, 6.45) is 5.39. The van der Waals surface area contributed by atoms with Crippen LogP contribution in [0.4, 0.5) is 0 Å². The first kappa shape index (κ1) is 8.20. The van der Waals surface area contributed by atoms with Gasteiger partial charge in [-0.25, -0.2) is 9.97 Å². The number of rotatable bonds is 1. The number of halogens is 1. The van der Waals surface area contributed by atoms with Crippen LogP contribution in [0.1, 0.15) is 11.7 Å². The van der Waals surface area contributed by atoms with Crippen LogP contribution in [-0.4, -0.2) is 27.5 Å².